The van der Waals surface area contributed by atoms with Gasteiger partial charge in [-0.3, -0.25) is 0 Å². The Morgan fingerprint density at radius 3 is 1.16 bits per heavy atom. The van der Waals surface area contributed by atoms with Crippen molar-refractivity contribution in [3.05, 3.63) is 309 Å². The normalized spacial score (nSPS) is 11.2. The summed E-state index contributed by atoms with van der Waals surface area (Å²) in [5.74, 6) is 0. The van der Waals surface area contributed by atoms with Crippen molar-refractivity contribution in [2.24, 2.45) is 0 Å². The molecule has 0 spiro atoms. The van der Waals surface area contributed by atoms with Gasteiger partial charge in [-0.25, -0.2) is 0 Å². The van der Waals surface area contributed by atoms with Crippen LogP contribution in [0.5, 0.6) is 0 Å². The first-order chi connectivity index (χ1) is 37.2. The summed E-state index contributed by atoms with van der Waals surface area (Å²) in [5, 5.41) is 4.93. The highest BCUT2D eigenvalue weighted by atomic mass is 15.1. The number of benzene rings is 13. The highest BCUT2D eigenvalue weighted by molar-refractivity contribution is 6.22. The summed E-state index contributed by atoms with van der Waals surface area (Å²) in [7, 11) is 0. The fourth-order valence-corrected chi connectivity index (χ4v) is 11.1. The molecule has 0 atom stereocenters. The van der Waals surface area contributed by atoms with Crippen LogP contribution in [0.2, 0.25) is 0 Å². The van der Waals surface area contributed by atoms with Gasteiger partial charge in [0.05, 0.1) is 5.69 Å². The molecule has 0 radical (unpaired) electrons. The van der Waals surface area contributed by atoms with Crippen LogP contribution in [0.3, 0.4) is 0 Å². The third-order valence-corrected chi connectivity index (χ3v) is 14.6. The van der Waals surface area contributed by atoms with E-state index in [1.807, 2.05) is 0 Å². The van der Waals surface area contributed by atoms with E-state index in [9.17, 15) is 0 Å². The Kier molecular flexibility index (Phi) is 12.0. The van der Waals surface area contributed by atoms with Gasteiger partial charge in [-0.05, 0) is 154 Å². The minimum Gasteiger partial charge on any atom is -0.310 e. The molecule has 13 rings (SSSR count). The first-order valence-electron chi connectivity index (χ1n) is 25.8. The van der Waals surface area contributed by atoms with Crippen LogP contribution in [0.15, 0.2) is 309 Å². The van der Waals surface area contributed by atoms with Crippen LogP contribution >= 0.6 is 0 Å². The van der Waals surface area contributed by atoms with Crippen LogP contribution in [0.4, 0.5) is 17.1 Å². The van der Waals surface area contributed by atoms with Gasteiger partial charge in [-0.2, -0.15) is 0 Å². The molecule has 0 saturated carbocycles. The topological polar surface area (TPSA) is 3.24 Å². The second-order valence-corrected chi connectivity index (χ2v) is 19.2. The maximum atomic E-state index is 2.46. The third-order valence-electron chi connectivity index (χ3n) is 14.6. The molecule has 0 aliphatic rings. The minimum absolute atomic E-state index is 1.06. The van der Waals surface area contributed by atoms with Gasteiger partial charge in [0, 0.05) is 16.9 Å². The van der Waals surface area contributed by atoms with Crippen molar-refractivity contribution in [3.63, 3.8) is 0 Å². The van der Waals surface area contributed by atoms with Gasteiger partial charge in [0.2, 0.25) is 0 Å². The standard InChI is InChI=1S/C74H51N/c1-7-23-52(24-8-1)61-47-62(53-25-9-2-10-26-53)49-64(48-61)75(63-43-39-54(40-44-63)59-41-45-65(55-27-11-3-12-28-55)70(50-59)56-29-13-4-14-30-56)72-38-22-21-35-66(72)60-42-46-68-67-36-19-20-37-69(67)73(57-31-15-5-16-32-57)74(71(68)51-60)58-33-17-6-18-34-58/h1-51H. The molecule has 0 fully saturated rings. The van der Waals surface area contributed by atoms with Crippen LogP contribution in [0.1, 0.15) is 0 Å². The molecule has 13 aromatic rings. The first-order valence-corrected chi connectivity index (χ1v) is 25.8. The molecule has 0 aromatic heterocycles. The molecule has 352 valence electrons. The van der Waals surface area contributed by atoms with Crippen molar-refractivity contribution in [1.29, 1.82) is 0 Å². The highest BCUT2D eigenvalue weighted by Gasteiger charge is 2.23. The Bertz CT molecular complexity index is 4060. The van der Waals surface area contributed by atoms with E-state index < -0.39 is 0 Å². The van der Waals surface area contributed by atoms with Gasteiger partial charge in [0.1, 0.15) is 0 Å². The number of hydrogen-bond donors (Lipinski definition) is 0. The quantitative estimate of drug-likeness (QED) is 0.117. The summed E-state index contributed by atoms with van der Waals surface area (Å²) in [6, 6.07) is 113. The Morgan fingerprint density at radius 1 is 0.173 bits per heavy atom. The molecule has 0 heterocycles. The molecule has 0 saturated heterocycles. The summed E-state index contributed by atoms with van der Waals surface area (Å²) in [6.07, 6.45) is 0. The Balaban J connectivity index is 1.02. The van der Waals surface area contributed by atoms with E-state index in [4.69, 9.17) is 0 Å². The van der Waals surface area contributed by atoms with Gasteiger partial charge >= 0.3 is 0 Å². The van der Waals surface area contributed by atoms with E-state index in [2.05, 4.69) is 314 Å². The average molecular weight is 954 g/mol. The highest BCUT2D eigenvalue weighted by Crippen LogP contribution is 2.48. The lowest BCUT2D eigenvalue weighted by atomic mass is 9.84. The van der Waals surface area contributed by atoms with E-state index in [1.165, 1.54) is 66.1 Å². The molecular weight excluding hydrogens is 903 g/mol. The largest absolute Gasteiger partial charge is 0.310 e. The molecule has 0 aliphatic carbocycles. The Hall–Kier alpha value is -9.82. The molecule has 0 N–H and O–H groups in total. The van der Waals surface area contributed by atoms with Gasteiger partial charge < -0.3 is 4.90 Å². The van der Waals surface area contributed by atoms with E-state index in [0.29, 0.717) is 0 Å². The second kappa shape index (κ2) is 20.0. The molecule has 0 unspecified atom stereocenters. The maximum absolute atomic E-state index is 2.46. The summed E-state index contributed by atoms with van der Waals surface area (Å²) in [4.78, 5) is 2.46. The number of rotatable bonds is 11. The van der Waals surface area contributed by atoms with Crippen molar-refractivity contribution in [2.45, 2.75) is 0 Å². The fourth-order valence-electron chi connectivity index (χ4n) is 11.1. The van der Waals surface area contributed by atoms with Crippen LogP contribution in [-0.2, 0) is 0 Å². The Labute approximate surface area is 439 Å². The van der Waals surface area contributed by atoms with Crippen LogP contribution in [-0.4, -0.2) is 0 Å². The summed E-state index contributed by atoms with van der Waals surface area (Å²) < 4.78 is 0. The lowest BCUT2D eigenvalue weighted by Gasteiger charge is -2.29. The van der Waals surface area contributed by atoms with Crippen LogP contribution < -0.4 is 4.90 Å². The van der Waals surface area contributed by atoms with Crippen LogP contribution in [0, 0.1) is 0 Å². The number of para-hydroxylation sites is 1. The first kappa shape index (κ1) is 45.1. The van der Waals surface area contributed by atoms with Gasteiger partial charge in [-0.1, -0.05) is 261 Å². The number of fused-ring (bicyclic) bond motifs is 3. The van der Waals surface area contributed by atoms with Crippen molar-refractivity contribution < 1.29 is 0 Å². The van der Waals surface area contributed by atoms with E-state index in [0.717, 1.165) is 61.6 Å². The summed E-state index contributed by atoms with van der Waals surface area (Å²) in [6.45, 7) is 0. The molecule has 1 nitrogen and oxygen atoms in total. The molecule has 1 heteroatoms. The van der Waals surface area contributed by atoms with Crippen molar-refractivity contribution in [2.75, 3.05) is 4.90 Å². The van der Waals surface area contributed by atoms with E-state index in [1.54, 1.807) is 0 Å². The SMILES string of the molecule is c1ccc(-c2cc(-c3ccccc3)cc(N(c3ccc(-c4ccc(-c5ccccc5)c(-c5ccccc5)c4)cc3)c3ccccc3-c3ccc4c(c3)c(-c3ccccc3)c(-c3ccccc3)c3ccccc34)c2)cc1. The zero-order valence-electron chi connectivity index (χ0n) is 41.4. The number of nitrogens with zero attached hydrogens (tertiary/aromatic N) is 1. The lowest BCUT2D eigenvalue weighted by molar-refractivity contribution is 1.28. The summed E-state index contributed by atoms with van der Waals surface area (Å²) >= 11 is 0. The zero-order chi connectivity index (χ0) is 49.9. The molecule has 13 aromatic carbocycles. The number of anilines is 3. The van der Waals surface area contributed by atoms with Crippen molar-refractivity contribution in [1.82, 2.24) is 0 Å². The molecule has 0 aliphatic heterocycles. The monoisotopic (exact) mass is 953 g/mol. The molecule has 75 heavy (non-hydrogen) atoms. The van der Waals surface area contributed by atoms with E-state index in [-0.39, 0.29) is 0 Å². The fraction of sp³-hybridized carbons (Fsp3) is 0. The molecular formula is C74H51N. The third kappa shape index (κ3) is 8.77. The van der Waals surface area contributed by atoms with E-state index >= 15 is 0 Å². The lowest BCUT2D eigenvalue weighted by Crippen LogP contribution is -2.11. The maximum Gasteiger partial charge on any atom is 0.0540 e. The number of hydrogen-bond acceptors (Lipinski definition) is 1. The van der Waals surface area contributed by atoms with Gasteiger partial charge in [0.15, 0.2) is 0 Å². The average Bonchev–Trinajstić information content (AvgIpc) is 3.50. The van der Waals surface area contributed by atoms with Crippen molar-refractivity contribution in [3.8, 4) is 89.0 Å². The smallest absolute Gasteiger partial charge is 0.0540 e. The second-order valence-electron chi connectivity index (χ2n) is 19.2. The van der Waals surface area contributed by atoms with Gasteiger partial charge in [-0.15, -0.1) is 0 Å². The van der Waals surface area contributed by atoms with Crippen molar-refractivity contribution >= 4 is 38.6 Å². The molecule has 0 amide bonds. The van der Waals surface area contributed by atoms with Crippen LogP contribution in [0.25, 0.3) is 111 Å². The van der Waals surface area contributed by atoms with Gasteiger partial charge in [0.25, 0.3) is 0 Å². The Morgan fingerprint density at radius 2 is 0.587 bits per heavy atom. The molecule has 0 bridgehead atoms. The summed E-state index contributed by atoms with van der Waals surface area (Å²) in [5.41, 5.74) is 22.1. The predicted molar refractivity (Wildman–Crippen MR) is 320 cm³/mol. The zero-order valence-corrected chi connectivity index (χ0v) is 41.4. The minimum atomic E-state index is 1.06. The predicted octanol–water partition coefficient (Wildman–Crippen LogP) is 20.8.